The first kappa shape index (κ1) is 23.0. The molecule has 1 amide bonds. The minimum absolute atomic E-state index is 0.0759. The Balaban J connectivity index is 1.51. The number of nitrogens with one attached hydrogen (secondary N) is 1. The summed E-state index contributed by atoms with van der Waals surface area (Å²) in [6, 6.07) is 13.9. The molecule has 1 fully saturated rings. The van der Waals surface area contributed by atoms with Crippen molar-refractivity contribution in [3.8, 4) is 0 Å². The van der Waals surface area contributed by atoms with Crippen molar-refractivity contribution < 1.29 is 4.79 Å². The first-order valence-corrected chi connectivity index (χ1v) is 12.4. The molecular formula is C25H29ClN4OS. The number of piperidine rings is 1. The number of halogens is 1. The van der Waals surface area contributed by atoms with Crippen molar-refractivity contribution >= 4 is 45.7 Å². The zero-order valence-electron chi connectivity index (χ0n) is 18.8. The minimum Gasteiger partial charge on any atom is -0.325 e. The van der Waals surface area contributed by atoms with E-state index in [4.69, 9.17) is 21.6 Å². The number of aryl methyl sites for hydroxylation is 2. The van der Waals surface area contributed by atoms with Crippen LogP contribution in [0.5, 0.6) is 0 Å². The molecule has 2 heterocycles. The molecule has 0 bridgehead atoms. The average molecular weight is 469 g/mol. The van der Waals surface area contributed by atoms with Gasteiger partial charge in [-0.05, 0) is 38.1 Å². The Bertz CT molecular complexity index is 1060. The Morgan fingerprint density at radius 2 is 1.84 bits per heavy atom. The van der Waals surface area contributed by atoms with Crippen LogP contribution in [0.2, 0.25) is 5.02 Å². The fourth-order valence-corrected chi connectivity index (χ4v) is 5.07. The second-order valence-electron chi connectivity index (χ2n) is 8.46. The van der Waals surface area contributed by atoms with Crippen LogP contribution in [0.15, 0.2) is 52.4 Å². The molecule has 168 valence electrons. The summed E-state index contributed by atoms with van der Waals surface area (Å²) < 4.78 is 0. The molecule has 4 rings (SSSR count). The lowest BCUT2D eigenvalue weighted by Gasteiger charge is -2.34. The Labute approximate surface area is 199 Å². The normalized spacial score (nSPS) is 17.9. The van der Waals surface area contributed by atoms with Crippen LogP contribution in [0, 0.1) is 13.8 Å². The summed E-state index contributed by atoms with van der Waals surface area (Å²) in [5, 5.41) is 4.44. The highest BCUT2D eigenvalue weighted by Crippen LogP contribution is 2.35. The SMILES string of the molecule is CCN1CCC2(CC1)N=C(SCC(=O)Nc1cc(Cl)ccc1C)C(c1ccc(C)cc1)=N2. The van der Waals surface area contributed by atoms with Crippen LogP contribution in [0.3, 0.4) is 0 Å². The molecule has 2 aromatic carbocycles. The fraction of sp³-hybridized carbons (Fsp3) is 0.400. The zero-order valence-corrected chi connectivity index (χ0v) is 20.4. The van der Waals surface area contributed by atoms with Crippen LogP contribution in [0.25, 0.3) is 0 Å². The van der Waals surface area contributed by atoms with Gasteiger partial charge in [-0.2, -0.15) is 0 Å². The lowest BCUT2D eigenvalue weighted by Crippen LogP contribution is -2.41. The number of amides is 1. The Hall–Kier alpha value is -2.15. The van der Waals surface area contributed by atoms with E-state index in [1.165, 1.54) is 17.3 Å². The van der Waals surface area contributed by atoms with Crippen molar-refractivity contribution in [2.75, 3.05) is 30.7 Å². The molecule has 1 spiro atoms. The molecule has 2 aliphatic rings. The van der Waals surface area contributed by atoms with Crippen molar-refractivity contribution in [3.05, 3.63) is 64.2 Å². The first-order valence-electron chi connectivity index (χ1n) is 11.1. The van der Waals surface area contributed by atoms with Gasteiger partial charge in [-0.3, -0.25) is 9.79 Å². The molecule has 0 saturated carbocycles. The lowest BCUT2D eigenvalue weighted by molar-refractivity contribution is -0.113. The van der Waals surface area contributed by atoms with Crippen molar-refractivity contribution in [2.24, 2.45) is 9.98 Å². The van der Waals surface area contributed by atoms with E-state index in [-0.39, 0.29) is 11.7 Å². The average Bonchev–Trinajstić information content (AvgIpc) is 3.14. The third-order valence-electron chi connectivity index (χ3n) is 6.07. The van der Waals surface area contributed by atoms with Crippen LogP contribution < -0.4 is 5.32 Å². The van der Waals surface area contributed by atoms with Crippen molar-refractivity contribution in [2.45, 2.75) is 39.3 Å². The van der Waals surface area contributed by atoms with Gasteiger partial charge in [-0.1, -0.05) is 66.2 Å². The quantitative estimate of drug-likeness (QED) is 0.644. The van der Waals surface area contributed by atoms with Gasteiger partial charge in [0.2, 0.25) is 5.91 Å². The maximum atomic E-state index is 12.7. The van der Waals surface area contributed by atoms with E-state index in [0.29, 0.717) is 5.02 Å². The fourth-order valence-electron chi connectivity index (χ4n) is 4.02. The van der Waals surface area contributed by atoms with Gasteiger partial charge in [0, 0.05) is 42.2 Å². The molecule has 2 aromatic rings. The highest BCUT2D eigenvalue weighted by molar-refractivity contribution is 8.16. The van der Waals surface area contributed by atoms with E-state index in [1.807, 2.05) is 19.1 Å². The van der Waals surface area contributed by atoms with Gasteiger partial charge in [0.25, 0.3) is 0 Å². The number of benzene rings is 2. The Morgan fingerprint density at radius 3 is 2.53 bits per heavy atom. The second-order valence-corrected chi connectivity index (χ2v) is 9.86. The van der Waals surface area contributed by atoms with E-state index < -0.39 is 5.66 Å². The number of anilines is 1. The number of nitrogens with zero attached hydrogens (tertiary/aromatic N) is 3. The summed E-state index contributed by atoms with van der Waals surface area (Å²) in [7, 11) is 0. The van der Waals surface area contributed by atoms with Crippen molar-refractivity contribution in [3.63, 3.8) is 0 Å². The summed E-state index contributed by atoms with van der Waals surface area (Å²) in [6.07, 6.45) is 1.82. The number of likely N-dealkylation sites (tertiary alicyclic amines) is 1. The molecule has 0 aromatic heterocycles. The summed E-state index contributed by atoms with van der Waals surface area (Å²) in [4.78, 5) is 25.4. The largest absolute Gasteiger partial charge is 0.325 e. The van der Waals surface area contributed by atoms with Crippen molar-refractivity contribution in [1.82, 2.24) is 4.90 Å². The molecule has 2 aliphatic heterocycles. The molecule has 0 radical (unpaired) electrons. The molecule has 0 unspecified atom stereocenters. The second kappa shape index (κ2) is 9.77. The number of carbonyl (C=O) groups is 1. The maximum Gasteiger partial charge on any atom is 0.234 e. The standard InChI is InChI=1S/C25H29ClN4OS/c1-4-30-13-11-25(12-14-30)28-23(19-8-5-17(2)6-9-19)24(29-25)32-16-22(31)27-21-15-20(26)10-7-18(21)3/h5-10,15H,4,11-14,16H2,1-3H3,(H,27,31). The first-order chi connectivity index (χ1) is 15.4. The molecule has 0 aliphatic carbocycles. The molecule has 0 atom stereocenters. The molecule has 1 N–H and O–H groups in total. The number of rotatable bonds is 5. The summed E-state index contributed by atoms with van der Waals surface area (Å²) >= 11 is 7.55. The van der Waals surface area contributed by atoms with E-state index in [0.717, 1.165) is 60.0 Å². The minimum atomic E-state index is -0.395. The smallest absolute Gasteiger partial charge is 0.234 e. The molecule has 7 heteroatoms. The number of thioether (sulfide) groups is 1. The molecule has 1 saturated heterocycles. The Kier molecular flexibility index (Phi) is 7.03. The number of hydrogen-bond acceptors (Lipinski definition) is 5. The summed E-state index contributed by atoms with van der Waals surface area (Å²) in [5.74, 6) is 0.195. The van der Waals surface area contributed by atoms with Crippen LogP contribution >= 0.6 is 23.4 Å². The number of hydrogen-bond donors (Lipinski definition) is 1. The third-order valence-corrected chi connectivity index (χ3v) is 7.27. The zero-order chi connectivity index (χ0) is 22.7. The monoisotopic (exact) mass is 468 g/mol. The van der Waals surface area contributed by atoms with Gasteiger partial charge in [-0.15, -0.1) is 0 Å². The van der Waals surface area contributed by atoms with Gasteiger partial charge in [0.1, 0.15) is 5.04 Å². The molecular weight excluding hydrogens is 440 g/mol. The van der Waals surface area contributed by atoms with E-state index in [9.17, 15) is 4.79 Å². The topological polar surface area (TPSA) is 57.1 Å². The van der Waals surface area contributed by atoms with Crippen molar-refractivity contribution in [1.29, 1.82) is 0 Å². The molecule has 32 heavy (non-hydrogen) atoms. The third kappa shape index (κ3) is 5.25. The highest BCUT2D eigenvalue weighted by Gasteiger charge is 2.39. The summed E-state index contributed by atoms with van der Waals surface area (Å²) in [6.45, 7) is 9.27. The van der Waals surface area contributed by atoms with Gasteiger partial charge in [0.15, 0.2) is 5.66 Å². The van der Waals surface area contributed by atoms with Crippen LogP contribution in [0.1, 0.15) is 36.5 Å². The van der Waals surface area contributed by atoms with Crippen LogP contribution in [-0.2, 0) is 4.79 Å². The Morgan fingerprint density at radius 1 is 1.12 bits per heavy atom. The van der Waals surface area contributed by atoms with Gasteiger partial charge in [-0.25, -0.2) is 4.99 Å². The number of aliphatic imine (C=N–C) groups is 2. The number of carbonyl (C=O) groups excluding carboxylic acids is 1. The van der Waals surface area contributed by atoms with E-state index >= 15 is 0 Å². The maximum absolute atomic E-state index is 12.7. The highest BCUT2D eigenvalue weighted by atomic mass is 35.5. The predicted molar refractivity (Wildman–Crippen MR) is 137 cm³/mol. The van der Waals surface area contributed by atoms with Gasteiger partial charge in [0.05, 0.1) is 11.5 Å². The van der Waals surface area contributed by atoms with E-state index in [1.54, 1.807) is 6.07 Å². The van der Waals surface area contributed by atoms with Crippen LogP contribution in [-0.4, -0.2) is 52.6 Å². The van der Waals surface area contributed by atoms with Gasteiger partial charge < -0.3 is 10.2 Å². The van der Waals surface area contributed by atoms with E-state index in [2.05, 4.69) is 48.3 Å². The van der Waals surface area contributed by atoms with Crippen LogP contribution in [0.4, 0.5) is 5.69 Å². The van der Waals surface area contributed by atoms with Gasteiger partial charge >= 0.3 is 0 Å². The summed E-state index contributed by atoms with van der Waals surface area (Å²) in [5.41, 5.74) is 4.51. The molecule has 5 nitrogen and oxygen atoms in total. The predicted octanol–water partition coefficient (Wildman–Crippen LogP) is 5.34. The lowest BCUT2D eigenvalue weighted by atomic mass is 9.98.